The molecule has 3 aliphatic rings. The molecule has 0 amide bonds. The molecule has 0 spiro atoms. The quantitative estimate of drug-likeness (QED) is 0.845. The topological polar surface area (TPSA) is 32.5 Å². The van der Waals surface area contributed by atoms with Gasteiger partial charge in [0.2, 0.25) is 0 Å². The molecule has 0 bridgehead atoms. The highest BCUT2D eigenvalue weighted by molar-refractivity contribution is 4.99. The zero-order valence-corrected chi connectivity index (χ0v) is 14.2. The van der Waals surface area contributed by atoms with Gasteiger partial charge < -0.3 is 10.6 Å². The summed E-state index contributed by atoms with van der Waals surface area (Å²) in [5.41, 5.74) is 6.62. The summed E-state index contributed by atoms with van der Waals surface area (Å²) in [6.45, 7) is 12.0. The van der Waals surface area contributed by atoms with Crippen LogP contribution < -0.4 is 5.73 Å². The Kier molecular flexibility index (Phi) is 4.92. The van der Waals surface area contributed by atoms with E-state index in [0.29, 0.717) is 5.54 Å². The Morgan fingerprint density at radius 3 is 2.38 bits per heavy atom. The lowest BCUT2D eigenvalue weighted by atomic mass is 9.70. The van der Waals surface area contributed by atoms with Crippen LogP contribution in [0.2, 0.25) is 0 Å². The van der Waals surface area contributed by atoms with E-state index in [-0.39, 0.29) is 0 Å². The first kappa shape index (κ1) is 15.8. The first-order chi connectivity index (χ1) is 10.1. The highest BCUT2D eigenvalue weighted by Crippen LogP contribution is 2.40. The molecule has 2 aliphatic carbocycles. The van der Waals surface area contributed by atoms with Crippen molar-refractivity contribution in [2.24, 2.45) is 23.5 Å². The third kappa shape index (κ3) is 3.62. The molecule has 3 nitrogen and oxygen atoms in total. The monoisotopic (exact) mass is 293 g/mol. The van der Waals surface area contributed by atoms with Gasteiger partial charge in [0.05, 0.1) is 0 Å². The van der Waals surface area contributed by atoms with Crippen molar-refractivity contribution in [1.82, 2.24) is 9.80 Å². The summed E-state index contributed by atoms with van der Waals surface area (Å²) in [7, 11) is 0. The number of hydrogen-bond donors (Lipinski definition) is 1. The van der Waals surface area contributed by atoms with Gasteiger partial charge in [-0.3, -0.25) is 4.90 Å². The maximum absolute atomic E-state index is 6.30. The van der Waals surface area contributed by atoms with Crippen LogP contribution in [0.4, 0.5) is 0 Å². The van der Waals surface area contributed by atoms with Crippen LogP contribution in [0.1, 0.15) is 52.4 Å². The molecule has 0 aromatic rings. The van der Waals surface area contributed by atoms with Crippen LogP contribution >= 0.6 is 0 Å². The van der Waals surface area contributed by atoms with Crippen molar-refractivity contribution in [1.29, 1.82) is 0 Å². The number of piperazine rings is 1. The van der Waals surface area contributed by atoms with Crippen molar-refractivity contribution < 1.29 is 0 Å². The normalized spacial score (nSPS) is 36.3. The molecule has 3 heteroatoms. The van der Waals surface area contributed by atoms with E-state index in [1.165, 1.54) is 71.2 Å². The van der Waals surface area contributed by atoms with E-state index in [2.05, 4.69) is 23.6 Å². The Morgan fingerprint density at radius 1 is 1.10 bits per heavy atom. The molecule has 0 aromatic carbocycles. The van der Waals surface area contributed by atoms with Crippen LogP contribution in [0, 0.1) is 17.8 Å². The average Bonchev–Trinajstić information content (AvgIpc) is 3.32. The highest BCUT2D eigenvalue weighted by Gasteiger charge is 2.42. The summed E-state index contributed by atoms with van der Waals surface area (Å²) in [5, 5.41) is 0. The van der Waals surface area contributed by atoms with E-state index in [9.17, 15) is 0 Å². The standard InChI is InChI=1S/C18H35N3/c1-15(2)17-4-3-7-18(12-17,14-19)21-10-8-20(9-11-21)13-16-5-6-16/h15-17H,3-14,19H2,1-2H3. The van der Waals surface area contributed by atoms with Crippen LogP contribution in [0.25, 0.3) is 0 Å². The van der Waals surface area contributed by atoms with Crippen LogP contribution in [0.15, 0.2) is 0 Å². The van der Waals surface area contributed by atoms with E-state index in [0.717, 1.165) is 24.3 Å². The molecule has 1 aliphatic heterocycles. The minimum Gasteiger partial charge on any atom is -0.329 e. The van der Waals surface area contributed by atoms with Gasteiger partial charge in [0.25, 0.3) is 0 Å². The molecule has 2 atom stereocenters. The molecular weight excluding hydrogens is 258 g/mol. The third-order valence-corrected chi connectivity index (χ3v) is 6.44. The van der Waals surface area contributed by atoms with Gasteiger partial charge in [-0.15, -0.1) is 0 Å². The largest absolute Gasteiger partial charge is 0.329 e. The minimum atomic E-state index is 0.318. The second kappa shape index (κ2) is 6.55. The average molecular weight is 293 g/mol. The Bertz CT molecular complexity index is 331. The highest BCUT2D eigenvalue weighted by atomic mass is 15.3. The predicted octanol–water partition coefficient (Wildman–Crippen LogP) is 2.56. The molecular formula is C18H35N3. The first-order valence-electron chi connectivity index (χ1n) is 9.30. The maximum Gasteiger partial charge on any atom is 0.0335 e. The maximum atomic E-state index is 6.30. The van der Waals surface area contributed by atoms with Gasteiger partial charge >= 0.3 is 0 Å². The lowest BCUT2D eigenvalue weighted by Gasteiger charge is -2.51. The lowest BCUT2D eigenvalue weighted by Crippen LogP contribution is -2.62. The van der Waals surface area contributed by atoms with Crippen molar-refractivity contribution in [2.45, 2.75) is 57.9 Å². The van der Waals surface area contributed by atoms with E-state index in [4.69, 9.17) is 5.73 Å². The van der Waals surface area contributed by atoms with Gasteiger partial charge in [0, 0.05) is 44.8 Å². The Hall–Kier alpha value is -0.120. The SMILES string of the molecule is CC(C)C1CCCC(CN)(N2CCN(CC3CC3)CC2)C1. The Labute approximate surface area is 131 Å². The van der Waals surface area contributed by atoms with Gasteiger partial charge in [0.1, 0.15) is 0 Å². The summed E-state index contributed by atoms with van der Waals surface area (Å²) < 4.78 is 0. The summed E-state index contributed by atoms with van der Waals surface area (Å²) >= 11 is 0. The molecule has 0 radical (unpaired) electrons. The van der Waals surface area contributed by atoms with E-state index >= 15 is 0 Å². The second-order valence-corrected chi connectivity index (χ2v) is 8.26. The van der Waals surface area contributed by atoms with E-state index in [1.807, 2.05) is 0 Å². The fourth-order valence-corrected chi connectivity index (χ4v) is 4.63. The fourth-order valence-electron chi connectivity index (χ4n) is 4.63. The lowest BCUT2D eigenvalue weighted by molar-refractivity contribution is -0.00847. The molecule has 2 saturated carbocycles. The Morgan fingerprint density at radius 2 is 1.81 bits per heavy atom. The van der Waals surface area contributed by atoms with Gasteiger partial charge in [0.15, 0.2) is 0 Å². The minimum absolute atomic E-state index is 0.318. The van der Waals surface area contributed by atoms with Crippen molar-refractivity contribution in [3.05, 3.63) is 0 Å². The fraction of sp³-hybridized carbons (Fsp3) is 1.00. The van der Waals surface area contributed by atoms with Crippen LogP contribution in [-0.4, -0.2) is 54.6 Å². The predicted molar refractivity (Wildman–Crippen MR) is 89.3 cm³/mol. The van der Waals surface area contributed by atoms with Crippen molar-refractivity contribution in [3.8, 4) is 0 Å². The molecule has 1 saturated heterocycles. The second-order valence-electron chi connectivity index (χ2n) is 8.26. The van der Waals surface area contributed by atoms with Gasteiger partial charge in [-0.1, -0.05) is 26.7 Å². The summed E-state index contributed by atoms with van der Waals surface area (Å²) in [6, 6.07) is 0. The molecule has 0 aromatic heterocycles. The molecule has 122 valence electrons. The van der Waals surface area contributed by atoms with Gasteiger partial charge in [-0.25, -0.2) is 0 Å². The van der Waals surface area contributed by atoms with Crippen LogP contribution in [0.3, 0.4) is 0 Å². The smallest absolute Gasteiger partial charge is 0.0335 e. The van der Waals surface area contributed by atoms with Crippen LogP contribution in [-0.2, 0) is 0 Å². The van der Waals surface area contributed by atoms with Gasteiger partial charge in [-0.2, -0.15) is 0 Å². The van der Waals surface area contributed by atoms with Crippen LogP contribution in [0.5, 0.6) is 0 Å². The summed E-state index contributed by atoms with van der Waals surface area (Å²) in [4.78, 5) is 5.46. The number of nitrogens with two attached hydrogens (primary N) is 1. The molecule has 21 heavy (non-hydrogen) atoms. The number of hydrogen-bond acceptors (Lipinski definition) is 3. The first-order valence-corrected chi connectivity index (χ1v) is 9.30. The molecule has 3 rings (SSSR count). The molecule has 2 N–H and O–H groups in total. The third-order valence-electron chi connectivity index (χ3n) is 6.44. The van der Waals surface area contributed by atoms with Crippen molar-refractivity contribution in [3.63, 3.8) is 0 Å². The molecule has 3 fully saturated rings. The zero-order valence-electron chi connectivity index (χ0n) is 14.2. The van der Waals surface area contributed by atoms with Crippen molar-refractivity contribution in [2.75, 3.05) is 39.3 Å². The van der Waals surface area contributed by atoms with E-state index in [1.54, 1.807) is 0 Å². The molecule has 2 unspecified atom stereocenters. The van der Waals surface area contributed by atoms with E-state index < -0.39 is 0 Å². The Balaban J connectivity index is 1.57. The number of rotatable bonds is 5. The molecule has 1 heterocycles. The summed E-state index contributed by atoms with van der Waals surface area (Å²) in [6.07, 6.45) is 8.41. The summed E-state index contributed by atoms with van der Waals surface area (Å²) in [5.74, 6) is 2.72. The van der Waals surface area contributed by atoms with Crippen molar-refractivity contribution >= 4 is 0 Å². The number of nitrogens with zero attached hydrogens (tertiary/aromatic N) is 2. The zero-order chi connectivity index (χ0) is 14.9. The van der Waals surface area contributed by atoms with Gasteiger partial charge in [-0.05, 0) is 43.4 Å².